The van der Waals surface area contributed by atoms with Gasteiger partial charge in [0, 0.05) is 62.7 Å². The van der Waals surface area contributed by atoms with E-state index in [2.05, 4.69) is 33.5 Å². The van der Waals surface area contributed by atoms with Gasteiger partial charge in [-0.05, 0) is 60.4 Å². The predicted octanol–water partition coefficient (Wildman–Crippen LogP) is 5.25. The number of rotatable bonds is 4. The second-order valence-electron chi connectivity index (χ2n) is 10.0. The third-order valence-corrected chi connectivity index (χ3v) is 7.09. The molecule has 4 aromatic rings. The van der Waals surface area contributed by atoms with Gasteiger partial charge in [-0.25, -0.2) is 0 Å². The molecule has 0 aliphatic carbocycles. The minimum atomic E-state index is -0.0405. The fraction of sp³-hybridized carbons (Fsp3) is 0.367. The van der Waals surface area contributed by atoms with E-state index in [1.807, 2.05) is 51.0 Å². The number of hydrogen-bond acceptors (Lipinski definition) is 6. The van der Waals surface area contributed by atoms with Crippen molar-refractivity contribution in [1.82, 2.24) is 24.9 Å². The minimum Gasteiger partial charge on any atom is -0.421 e. The smallest absolute Gasteiger partial charge is 0.254 e. The molecule has 0 bridgehead atoms. The van der Waals surface area contributed by atoms with Crippen molar-refractivity contribution in [2.45, 2.75) is 59.0 Å². The lowest BCUT2D eigenvalue weighted by Crippen LogP contribution is -2.35. The second kappa shape index (κ2) is 12.1. The third kappa shape index (κ3) is 6.42. The highest BCUT2D eigenvalue weighted by Crippen LogP contribution is 2.28. The molecule has 0 N–H and O–H groups in total. The van der Waals surface area contributed by atoms with Gasteiger partial charge in [0.2, 0.25) is 17.7 Å². The summed E-state index contributed by atoms with van der Waals surface area (Å²) in [5, 5.41) is 12.3. The Morgan fingerprint density at radius 1 is 0.949 bits per heavy atom. The maximum atomic E-state index is 13.8. The molecule has 9 heteroatoms. The van der Waals surface area contributed by atoms with E-state index >= 15 is 0 Å². The van der Waals surface area contributed by atoms with Crippen LogP contribution in [-0.2, 0) is 17.9 Å². The van der Waals surface area contributed by atoms with Crippen molar-refractivity contribution >= 4 is 17.5 Å². The zero-order valence-electron chi connectivity index (χ0n) is 22.5. The molecule has 39 heavy (non-hydrogen) atoms. The molecule has 2 aromatic heterocycles. The van der Waals surface area contributed by atoms with Crippen molar-refractivity contribution in [1.29, 1.82) is 0 Å². The van der Waals surface area contributed by atoms with Gasteiger partial charge in [-0.3, -0.25) is 14.3 Å². The first-order valence-corrected chi connectivity index (χ1v) is 13.5. The molecule has 1 aliphatic rings. The molecular weight excluding hydrogens is 492 g/mol. The van der Waals surface area contributed by atoms with Crippen LogP contribution in [0.3, 0.4) is 0 Å². The zero-order valence-corrected chi connectivity index (χ0v) is 22.5. The van der Waals surface area contributed by atoms with E-state index in [0.29, 0.717) is 43.5 Å². The van der Waals surface area contributed by atoms with Gasteiger partial charge in [0.05, 0.1) is 6.54 Å². The number of aryl methyl sites for hydroxylation is 1. The monoisotopic (exact) mass is 526 g/mol. The number of anilines is 1. The highest BCUT2D eigenvalue weighted by molar-refractivity contribution is 5.95. The van der Waals surface area contributed by atoms with Crippen LogP contribution < -0.4 is 4.90 Å². The lowest BCUT2D eigenvalue weighted by Gasteiger charge is -2.29. The van der Waals surface area contributed by atoms with Crippen molar-refractivity contribution in [2.24, 2.45) is 0 Å². The van der Waals surface area contributed by atoms with Gasteiger partial charge in [-0.2, -0.15) is 5.10 Å². The van der Waals surface area contributed by atoms with Gasteiger partial charge in [0.15, 0.2) is 0 Å². The van der Waals surface area contributed by atoms with Crippen molar-refractivity contribution < 1.29 is 14.0 Å². The van der Waals surface area contributed by atoms with Gasteiger partial charge in [0.25, 0.3) is 5.91 Å². The van der Waals surface area contributed by atoms with E-state index < -0.39 is 0 Å². The first kappa shape index (κ1) is 26.3. The summed E-state index contributed by atoms with van der Waals surface area (Å²) in [5.41, 5.74) is 4.25. The number of benzene rings is 2. The van der Waals surface area contributed by atoms with E-state index in [4.69, 9.17) is 4.42 Å². The molecule has 0 fully saturated rings. The maximum Gasteiger partial charge on any atom is 0.254 e. The number of nitrogens with zero attached hydrogens (tertiary/aromatic N) is 6. The van der Waals surface area contributed by atoms with Crippen LogP contribution in [0.5, 0.6) is 0 Å². The van der Waals surface area contributed by atoms with E-state index in [1.165, 1.54) is 0 Å². The van der Waals surface area contributed by atoms with E-state index in [1.54, 1.807) is 20.0 Å². The molecule has 0 atom stereocenters. The normalized spacial score (nSPS) is 14.8. The molecule has 5 rings (SSSR count). The Morgan fingerprint density at radius 2 is 1.72 bits per heavy atom. The summed E-state index contributed by atoms with van der Waals surface area (Å²) in [6.07, 6.45) is 8.76. The molecular formula is C30H34N6O3. The summed E-state index contributed by atoms with van der Waals surface area (Å²) in [6, 6.07) is 15.4. The summed E-state index contributed by atoms with van der Waals surface area (Å²) in [7, 11) is 0. The summed E-state index contributed by atoms with van der Waals surface area (Å²) in [5.74, 6) is 0.896. The van der Waals surface area contributed by atoms with Crippen molar-refractivity contribution in [3.8, 4) is 11.5 Å². The predicted molar refractivity (Wildman–Crippen MR) is 148 cm³/mol. The molecule has 0 radical (unpaired) electrons. The molecule has 2 amide bonds. The minimum absolute atomic E-state index is 0.00859. The Hall–Kier alpha value is -4.27. The lowest BCUT2D eigenvalue weighted by molar-refractivity contribution is -0.116. The largest absolute Gasteiger partial charge is 0.421 e. The van der Waals surface area contributed by atoms with Crippen LogP contribution in [-0.4, -0.2) is 49.8 Å². The number of carbonyl (C=O) groups excluding carboxylic acids is 2. The molecule has 0 saturated carbocycles. The van der Waals surface area contributed by atoms with Gasteiger partial charge >= 0.3 is 0 Å². The maximum absolute atomic E-state index is 13.8. The van der Waals surface area contributed by atoms with Gasteiger partial charge < -0.3 is 14.2 Å². The van der Waals surface area contributed by atoms with Crippen molar-refractivity contribution in [3.05, 3.63) is 83.5 Å². The van der Waals surface area contributed by atoms with Crippen LogP contribution in [0, 0.1) is 6.92 Å². The average molecular weight is 527 g/mol. The Bertz CT molecular complexity index is 1410. The fourth-order valence-electron chi connectivity index (χ4n) is 5.03. The van der Waals surface area contributed by atoms with E-state index in [0.717, 1.165) is 54.5 Å². The summed E-state index contributed by atoms with van der Waals surface area (Å²) < 4.78 is 7.39. The summed E-state index contributed by atoms with van der Waals surface area (Å²) >= 11 is 0. The Kier molecular flexibility index (Phi) is 8.15. The lowest BCUT2D eigenvalue weighted by atomic mass is 10.0. The first-order valence-electron chi connectivity index (χ1n) is 13.5. The highest BCUT2D eigenvalue weighted by atomic mass is 16.4. The van der Waals surface area contributed by atoms with Gasteiger partial charge in [-0.15, -0.1) is 10.2 Å². The van der Waals surface area contributed by atoms with Crippen LogP contribution in [0.25, 0.3) is 11.5 Å². The van der Waals surface area contributed by atoms with Crippen molar-refractivity contribution in [3.63, 3.8) is 0 Å². The van der Waals surface area contributed by atoms with Gasteiger partial charge in [0.1, 0.15) is 0 Å². The molecule has 2 aromatic carbocycles. The fourth-order valence-corrected chi connectivity index (χ4v) is 5.03. The van der Waals surface area contributed by atoms with Crippen LogP contribution in [0.1, 0.15) is 66.4 Å². The Morgan fingerprint density at radius 3 is 2.41 bits per heavy atom. The quantitative estimate of drug-likeness (QED) is 0.360. The van der Waals surface area contributed by atoms with Gasteiger partial charge in [-0.1, -0.05) is 31.4 Å². The number of aromatic nitrogens is 4. The zero-order chi connectivity index (χ0) is 27.2. The number of carbonyl (C=O) groups is 2. The third-order valence-electron chi connectivity index (χ3n) is 7.09. The Balaban J connectivity index is 1.45. The van der Waals surface area contributed by atoms with Crippen molar-refractivity contribution in [2.75, 3.05) is 18.0 Å². The topological polar surface area (TPSA) is 97.4 Å². The van der Waals surface area contributed by atoms with E-state index in [9.17, 15) is 9.59 Å². The number of fused-ring (bicyclic) bond motifs is 1. The van der Waals surface area contributed by atoms with Crippen LogP contribution in [0.4, 0.5) is 5.69 Å². The second-order valence-corrected chi connectivity index (χ2v) is 10.0. The van der Waals surface area contributed by atoms with Crippen LogP contribution in [0.2, 0.25) is 0 Å². The molecule has 3 heterocycles. The molecule has 0 unspecified atom stereocenters. The van der Waals surface area contributed by atoms with E-state index in [-0.39, 0.29) is 11.8 Å². The molecule has 0 spiro atoms. The SMILES string of the molecule is CC(=O)N1CCCCCCCN(C(=O)c2ccc(-c3nnc(C)o3)cc2)Cc2ccc(Cn3cccn3)cc21. The molecule has 1 aliphatic heterocycles. The highest BCUT2D eigenvalue weighted by Gasteiger charge is 2.22. The molecule has 0 saturated heterocycles. The average Bonchev–Trinajstić information content (AvgIpc) is 3.61. The summed E-state index contributed by atoms with van der Waals surface area (Å²) in [6.45, 7) is 5.71. The number of hydrogen-bond donors (Lipinski definition) is 0. The summed E-state index contributed by atoms with van der Waals surface area (Å²) in [4.78, 5) is 30.3. The standard InChI is InChI=1S/C30H34N6O3/c1-22-32-33-29(39-22)25-11-13-26(14-12-25)30(38)34-16-6-4-3-5-7-18-36(23(2)37)28-19-24(9-10-27(28)21-34)20-35-17-8-15-31-35/h8-15,17,19H,3-7,16,18,20-21H2,1-2H3. The molecule has 202 valence electrons. The first-order chi connectivity index (χ1) is 19.0. The van der Waals surface area contributed by atoms with Crippen LogP contribution in [0.15, 0.2) is 65.3 Å². The van der Waals surface area contributed by atoms with Crippen LogP contribution >= 0.6 is 0 Å². The number of amides is 2. The Labute approximate surface area is 228 Å². The molecule has 9 nitrogen and oxygen atoms in total.